The Kier molecular flexibility index (Phi) is 3.89. The number of benzene rings is 2. The molecular formula is C19H14FN3OS. The molecule has 0 bridgehead atoms. The van der Waals surface area contributed by atoms with E-state index in [0.717, 1.165) is 5.56 Å². The van der Waals surface area contributed by atoms with Gasteiger partial charge in [0, 0.05) is 10.9 Å². The third-order valence-electron chi connectivity index (χ3n) is 4.04. The number of hydrogen-bond acceptors (Lipinski definition) is 4. The van der Waals surface area contributed by atoms with E-state index >= 15 is 0 Å². The first-order valence-corrected chi connectivity index (χ1v) is 8.65. The Bertz CT molecular complexity index is 1130. The van der Waals surface area contributed by atoms with E-state index in [1.54, 1.807) is 30.6 Å². The predicted molar refractivity (Wildman–Crippen MR) is 97.4 cm³/mol. The summed E-state index contributed by atoms with van der Waals surface area (Å²) >= 11 is 1.36. The van der Waals surface area contributed by atoms with Gasteiger partial charge in [0.2, 0.25) is 0 Å². The van der Waals surface area contributed by atoms with Crippen LogP contribution in [0, 0.1) is 12.7 Å². The van der Waals surface area contributed by atoms with Gasteiger partial charge < -0.3 is 0 Å². The van der Waals surface area contributed by atoms with Gasteiger partial charge in [0.05, 0.1) is 29.5 Å². The molecule has 2 aromatic carbocycles. The largest absolute Gasteiger partial charge is 0.293 e. The van der Waals surface area contributed by atoms with Gasteiger partial charge in [-0.25, -0.2) is 14.4 Å². The van der Waals surface area contributed by atoms with Crippen molar-refractivity contribution in [3.05, 3.63) is 81.6 Å². The van der Waals surface area contributed by atoms with Crippen molar-refractivity contribution in [2.75, 3.05) is 0 Å². The fourth-order valence-electron chi connectivity index (χ4n) is 2.76. The molecule has 25 heavy (non-hydrogen) atoms. The number of aryl methyl sites for hydroxylation is 1. The van der Waals surface area contributed by atoms with Gasteiger partial charge >= 0.3 is 0 Å². The van der Waals surface area contributed by atoms with Gasteiger partial charge in [-0.1, -0.05) is 24.3 Å². The first-order valence-electron chi connectivity index (χ1n) is 7.77. The highest BCUT2D eigenvalue weighted by atomic mass is 32.1. The van der Waals surface area contributed by atoms with Gasteiger partial charge in [-0.15, -0.1) is 11.3 Å². The second kappa shape index (κ2) is 6.22. The van der Waals surface area contributed by atoms with Crippen LogP contribution in [0.4, 0.5) is 4.39 Å². The van der Waals surface area contributed by atoms with Crippen LogP contribution in [-0.2, 0) is 6.54 Å². The summed E-state index contributed by atoms with van der Waals surface area (Å²) in [7, 11) is 0. The molecule has 0 aliphatic rings. The summed E-state index contributed by atoms with van der Waals surface area (Å²) in [5, 5.41) is 3.03. The van der Waals surface area contributed by atoms with Crippen molar-refractivity contribution in [3.8, 4) is 10.6 Å². The summed E-state index contributed by atoms with van der Waals surface area (Å²) in [4.78, 5) is 21.5. The summed E-state index contributed by atoms with van der Waals surface area (Å²) in [6.07, 6.45) is 1.54. The number of rotatable bonds is 3. The predicted octanol–water partition coefficient (Wildman–Crippen LogP) is 4.02. The van der Waals surface area contributed by atoms with Crippen LogP contribution >= 0.6 is 11.3 Å². The highest BCUT2D eigenvalue weighted by molar-refractivity contribution is 7.13. The van der Waals surface area contributed by atoms with Crippen molar-refractivity contribution in [1.82, 2.24) is 14.5 Å². The third-order valence-corrected chi connectivity index (χ3v) is 4.97. The van der Waals surface area contributed by atoms with Crippen LogP contribution in [0.1, 0.15) is 11.3 Å². The molecule has 4 rings (SSSR count). The van der Waals surface area contributed by atoms with Gasteiger partial charge in [-0.3, -0.25) is 9.36 Å². The van der Waals surface area contributed by atoms with Crippen molar-refractivity contribution >= 4 is 22.2 Å². The molecule has 0 atom stereocenters. The van der Waals surface area contributed by atoms with Crippen LogP contribution < -0.4 is 5.56 Å². The highest BCUT2D eigenvalue weighted by Gasteiger charge is 2.11. The lowest BCUT2D eigenvalue weighted by Gasteiger charge is -2.06. The van der Waals surface area contributed by atoms with E-state index in [4.69, 9.17) is 0 Å². The molecule has 4 nitrogen and oxygen atoms in total. The summed E-state index contributed by atoms with van der Waals surface area (Å²) in [6.45, 7) is 2.24. The van der Waals surface area contributed by atoms with Gasteiger partial charge in [0.1, 0.15) is 10.8 Å². The van der Waals surface area contributed by atoms with E-state index in [2.05, 4.69) is 9.97 Å². The Balaban J connectivity index is 1.70. The molecule has 0 radical (unpaired) electrons. The Morgan fingerprint density at radius 3 is 2.84 bits per heavy atom. The van der Waals surface area contributed by atoms with Crippen molar-refractivity contribution in [1.29, 1.82) is 0 Å². The lowest BCUT2D eigenvalue weighted by Crippen LogP contribution is -2.21. The number of nitrogens with zero attached hydrogens (tertiary/aromatic N) is 3. The Hall–Kier alpha value is -2.86. The summed E-state index contributed by atoms with van der Waals surface area (Å²) < 4.78 is 15.4. The normalized spacial score (nSPS) is 11.1. The number of halogens is 1. The molecule has 0 spiro atoms. The average molecular weight is 351 g/mol. The maximum absolute atomic E-state index is 13.9. The van der Waals surface area contributed by atoms with Gasteiger partial charge in [0.15, 0.2) is 0 Å². The zero-order valence-corrected chi connectivity index (χ0v) is 14.3. The lowest BCUT2D eigenvalue weighted by molar-refractivity contribution is 0.631. The van der Waals surface area contributed by atoms with E-state index in [-0.39, 0.29) is 11.4 Å². The first kappa shape index (κ1) is 15.7. The van der Waals surface area contributed by atoms with Crippen LogP contribution in [0.5, 0.6) is 0 Å². The zero-order valence-electron chi connectivity index (χ0n) is 13.4. The molecule has 124 valence electrons. The molecule has 4 aromatic rings. The number of fused-ring (bicyclic) bond motifs is 1. The fraction of sp³-hybridized carbons (Fsp3) is 0.105. The monoisotopic (exact) mass is 351 g/mol. The molecule has 0 N–H and O–H groups in total. The number of para-hydroxylation sites is 1. The zero-order chi connectivity index (χ0) is 17.4. The smallest absolute Gasteiger partial charge is 0.261 e. The summed E-state index contributed by atoms with van der Waals surface area (Å²) in [6, 6.07) is 12.1. The fourth-order valence-corrected chi connectivity index (χ4v) is 3.60. The maximum Gasteiger partial charge on any atom is 0.261 e. The minimum Gasteiger partial charge on any atom is -0.293 e. The standard InChI is InChI=1S/C19H14FN3OS/c1-12-5-4-7-15-17(12)21-11-23(19(15)24)9-13-10-25-18(22-13)14-6-2-3-8-16(14)20/h2-8,10-11H,9H2,1H3. The van der Waals surface area contributed by atoms with Crippen molar-refractivity contribution in [3.63, 3.8) is 0 Å². The van der Waals surface area contributed by atoms with Crippen molar-refractivity contribution in [2.45, 2.75) is 13.5 Å². The lowest BCUT2D eigenvalue weighted by atomic mass is 10.1. The molecule has 0 saturated carbocycles. The SMILES string of the molecule is Cc1cccc2c(=O)n(Cc3csc(-c4ccccc4F)n3)cnc12. The van der Waals surface area contributed by atoms with Gasteiger partial charge in [-0.05, 0) is 30.7 Å². The summed E-state index contributed by atoms with van der Waals surface area (Å²) in [5.41, 5.74) is 2.76. The van der Waals surface area contributed by atoms with Crippen molar-refractivity contribution in [2.24, 2.45) is 0 Å². The van der Waals surface area contributed by atoms with Crippen LogP contribution in [0.15, 0.2) is 59.0 Å². The van der Waals surface area contributed by atoms with E-state index in [1.807, 2.05) is 24.4 Å². The topological polar surface area (TPSA) is 47.8 Å². The number of aromatic nitrogens is 3. The molecular weight excluding hydrogens is 337 g/mol. The first-order chi connectivity index (χ1) is 12.1. The quantitative estimate of drug-likeness (QED) is 0.560. The van der Waals surface area contributed by atoms with Gasteiger partial charge in [0.25, 0.3) is 5.56 Å². The average Bonchev–Trinajstić information content (AvgIpc) is 3.07. The van der Waals surface area contributed by atoms with Crippen LogP contribution in [-0.4, -0.2) is 14.5 Å². The number of hydrogen-bond donors (Lipinski definition) is 0. The Labute approximate surface area is 147 Å². The minimum absolute atomic E-state index is 0.103. The van der Waals surface area contributed by atoms with E-state index in [1.165, 1.54) is 22.0 Å². The molecule has 0 unspecified atom stereocenters. The third kappa shape index (κ3) is 2.85. The van der Waals surface area contributed by atoms with Crippen LogP contribution in [0.3, 0.4) is 0 Å². The molecule has 2 heterocycles. The second-order valence-corrected chi connectivity index (χ2v) is 6.63. The van der Waals surface area contributed by atoms with Crippen LogP contribution in [0.2, 0.25) is 0 Å². The molecule has 0 fully saturated rings. The van der Waals surface area contributed by atoms with Crippen LogP contribution in [0.25, 0.3) is 21.5 Å². The van der Waals surface area contributed by atoms with Crippen molar-refractivity contribution < 1.29 is 4.39 Å². The van der Waals surface area contributed by atoms with E-state index in [0.29, 0.717) is 33.7 Å². The summed E-state index contributed by atoms with van der Waals surface area (Å²) in [5.74, 6) is -0.302. The maximum atomic E-state index is 13.9. The molecule has 2 aromatic heterocycles. The molecule has 6 heteroatoms. The second-order valence-electron chi connectivity index (χ2n) is 5.77. The van der Waals surface area contributed by atoms with E-state index < -0.39 is 0 Å². The molecule has 0 aliphatic carbocycles. The molecule has 0 aliphatic heterocycles. The molecule has 0 amide bonds. The Morgan fingerprint density at radius 2 is 2.00 bits per heavy atom. The van der Waals surface area contributed by atoms with E-state index in [9.17, 15) is 9.18 Å². The Morgan fingerprint density at radius 1 is 1.16 bits per heavy atom. The highest BCUT2D eigenvalue weighted by Crippen LogP contribution is 2.26. The minimum atomic E-state index is -0.302. The number of thiazole rings is 1. The molecule has 0 saturated heterocycles. The van der Waals surface area contributed by atoms with Gasteiger partial charge in [-0.2, -0.15) is 0 Å².